The van der Waals surface area contributed by atoms with E-state index >= 15 is 0 Å². The van der Waals surface area contributed by atoms with Crippen LogP contribution >= 0.6 is 11.3 Å². The van der Waals surface area contributed by atoms with Gasteiger partial charge in [-0.1, -0.05) is 18.3 Å². The topological polar surface area (TPSA) is 70.2 Å². The van der Waals surface area contributed by atoms with Gasteiger partial charge < -0.3 is 10.6 Å². The number of aryl methyl sites for hydroxylation is 1. The van der Waals surface area contributed by atoms with E-state index in [1.807, 2.05) is 6.92 Å². The summed E-state index contributed by atoms with van der Waals surface area (Å²) in [5.41, 5.74) is 1.03. The Morgan fingerprint density at radius 2 is 2.22 bits per heavy atom. The van der Waals surface area contributed by atoms with Crippen molar-refractivity contribution in [3.63, 3.8) is 0 Å². The summed E-state index contributed by atoms with van der Waals surface area (Å²) in [5.74, 6) is -0.406. The molecule has 0 radical (unpaired) electrons. The molecule has 0 saturated carbocycles. The Bertz CT molecular complexity index is 705. The van der Waals surface area contributed by atoms with Crippen molar-refractivity contribution in [1.82, 2.24) is 15.5 Å². The van der Waals surface area contributed by atoms with Crippen LogP contribution in [-0.2, 0) is 13.0 Å². The molecule has 2 aromatic rings. The highest BCUT2D eigenvalue weighted by atomic mass is 32.1. The molecular formula is C15H18FN5OS. The van der Waals surface area contributed by atoms with Crippen molar-refractivity contribution in [1.29, 1.82) is 0 Å². The van der Waals surface area contributed by atoms with Crippen LogP contribution in [0.25, 0.3) is 0 Å². The molecule has 2 N–H and O–H groups in total. The molecule has 0 aliphatic carbocycles. The number of carbonyl (C=O) groups excluding carboxylic acids is 1. The van der Waals surface area contributed by atoms with Crippen LogP contribution in [0.3, 0.4) is 0 Å². The number of rotatable bonds is 5. The number of carbonyl (C=O) groups is 1. The number of amides is 2. The first kappa shape index (κ1) is 15.7. The fourth-order valence-electron chi connectivity index (χ4n) is 2.37. The maximum Gasteiger partial charge on any atom is 0.321 e. The Labute approximate surface area is 137 Å². The van der Waals surface area contributed by atoms with Crippen LogP contribution in [0, 0.1) is 5.82 Å². The zero-order valence-corrected chi connectivity index (χ0v) is 13.6. The molecule has 0 unspecified atom stereocenters. The van der Waals surface area contributed by atoms with Crippen LogP contribution in [-0.4, -0.2) is 29.3 Å². The van der Waals surface area contributed by atoms with Crippen molar-refractivity contribution < 1.29 is 9.18 Å². The van der Waals surface area contributed by atoms with E-state index in [2.05, 4.69) is 20.8 Å². The molecule has 2 heterocycles. The molecule has 6 nitrogen and oxygen atoms in total. The zero-order chi connectivity index (χ0) is 16.2. The van der Waals surface area contributed by atoms with Gasteiger partial charge in [0.15, 0.2) is 0 Å². The summed E-state index contributed by atoms with van der Waals surface area (Å²) in [5, 5.41) is 16.0. The second-order valence-corrected chi connectivity index (χ2v) is 6.35. The van der Waals surface area contributed by atoms with Crippen molar-refractivity contribution in [2.45, 2.75) is 26.3 Å². The predicted octanol–water partition coefficient (Wildman–Crippen LogP) is 2.77. The summed E-state index contributed by atoms with van der Waals surface area (Å²) in [4.78, 5) is 13.3. The summed E-state index contributed by atoms with van der Waals surface area (Å²) in [6, 6.07) is 4.42. The van der Waals surface area contributed by atoms with Crippen molar-refractivity contribution in [2.75, 3.05) is 23.3 Å². The lowest BCUT2D eigenvalue weighted by molar-refractivity contribution is 0.242. The maximum absolute atomic E-state index is 14.1. The fraction of sp³-hybridized carbons (Fsp3) is 0.400. The highest BCUT2D eigenvalue weighted by molar-refractivity contribution is 7.11. The smallest absolute Gasteiger partial charge is 0.321 e. The van der Waals surface area contributed by atoms with Crippen LogP contribution < -0.4 is 15.5 Å². The van der Waals surface area contributed by atoms with Crippen LogP contribution in [0.1, 0.15) is 23.4 Å². The Balaban J connectivity index is 1.73. The Morgan fingerprint density at radius 3 is 2.96 bits per heavy atom. The van der Waals surface area contributed by atoms with Crippen LogP contribution in [0.2, 0.25) is 0 Å². The Hall–Kier alpha value is -2.22. The first-order valence-corrected chi connectivity index (χ1v) is 8.39. The molecular weight excluding hydrogens is 317 g/mol. The molecule has 0 atom stereocenters. The minimum absolute atomic E-state index is 0.260. The summed E-state index contributed by atoms with van der Waals surface area (Å²) < 4.78 is 14.1. The average molecular weight is 335 g/mol. The minimum atomic E-state index is -0.406. The Kier molecular flexibility index (Phi) is 4.71. The normalized spacial score (nSPS) is 14.7. The third-order valence-electron chi connectivity index (χ3n) is 3.57. The molecule has 0 spiro atoms. The molecule has 1 aromatic heterocycles. The number of hydrogen-bond donors (Lipinski definition) is 2. The van der Waals surface area contributed by atoms with Gasteiger partial charge in [0.05, 0.1) is 12.2 Å². The van der Waals surface area contributed by atoms with Crippen molar-refractivity contribution in [2.24, 2.45) is 0 Å². The molecule has 122 valence electrons. The van der Waals surface area contributed by atoms with Gasteiger partial charge in [-0.25, -0.2) is 9.18 Å². The number of nitrogens with zero attached hydrogens (tertiary/aromatic N) is 3. The van der Waals surface area contributed by atoms with Gasteiger partial charge in [0, 0.05) is 18.8 Å². The van der Waals surface area contributed by atoms with Crippen LogP contribution in [0.5, 0.6) is 0 Å². The van der Waals surface area contributed by atoms with E-state index in [0.29, 0.717) is 25.3 Å². The maximum atomic E-state index is 14.1. The van der Waals surface area contributed by atoms with Crippen LogP contribution in [0.15, 0.2) is 18.2 Å². The van der Waals surface area contributed by atoms with E-state index in [1.165, 1.54) is 11.0 Å². The molecule has 1 aliphatic heterocycles. The molecule has 0 bridgehead atoms. The van der Waals surface area contributed by atoms with Crippen molar-refractivity contribution in [3.05, 3.63) is 34.0 Å². The van der Waals surface area contributed by atoms with Crippen molar-refractivity contribution in [3.8, 4) is 0 Å². The van der Waals surface area contributed by atoms with Gasteiger partial charge in [-0.05, 0) is 31.0 Å². The van der Waals surface area contributed by atoms with Gasteiger partial charge in [0.25, 0.3) is 0 Å². The molecule has 1 fully saturated rings. The molecule has 1 saturated heterocycles. The van der Waals surface area contributed by atoms with Gasteiger partial charge in [-0.15, -0.1) is 10.2 Å². The number of anilines is 2. The standard InChI is InChI=1S/C15H18FN5OS/c1-2-13-19-20-14(23-13)9-18-10-4-5-11(16)12(8-10)21-7-3-6-17-15(21)22/h4-5,8,18H,2-3,6-7,9H2,1H3,(H,17,22). The van der Waals surface area contributed by atoms with E-state index in [0.717, 1.165) is 28.5 Å². The number of hydrogen-bond acceptors (Lipinski definition) is 5. The fourth-order valence-corrected chi connectivity index (χ4v) is 3.09. The highest BCUT2D eigenvalue weighted by Crippen LogP contribution is 2.25. The minimum Gasteiger partial charge on any atom is -0.378 e. The first-order valence-electron chi connectivity index (χ1n) is 7.57. The van der Waals surface area contributed by atoms with E-state index in [4.69, 9.17) is 0 Å². The van der Waals surface area contributed by atoms with Gasteiger partial charge in [-0.3, -0.25) is 4.90 Å². The van der Waals surface area contributed by atoms with E-state index < -0.39 is 5.82 Å². The number of benzene rings is 1. The van der Waals surface area contributed by atoms with Gasteiger partial charge in [-0.2, -0.15) is 0 Å². The number of aromatic nitrogens is 2. The Morgan fingerprint density at radius 1 is 1.39 bits per heavy atom. The first-order chi connectivity index (χ1) is 11.2. The molecule has 23 heavy (non-hydrogen) atoms. The number of urea groups is 1. The second kappa shape index (κ2) is 6.91. The molecule has 8 heteroatoms. The highest BCUT2D eigenvalue weighted by Gasteiger charge is 2.22. The zero-order valence-electron chi connectivity index (χ0n) is 12.8. The van der Waals surface area contributed by atoms with E-state index in [9.17, 15) is 9.18 Å². The summed E-state index contributed by atoms with van der Waals surface area (Å²) in [6.45, 7) is 3.71. The largest absolute Gasteiger partial charge is 0.378 e. The number of halogens is 1. The third-order valence-corrected chi connectivity index (χ3v) is 4.64. The number of nitrogens with one attached hydrogen (secondary N) is 2. The van der Waals surface area contributed by atoms with Gasteiger partial charge >= 0.3 is 6.03 Å². The molecule has 2 amide bonds. The SMILES string of the molecule is CCc1nnc(CNc2ccc(F)c(N3CCCNC3=O)c2)s1. The third kappa shape index (κ3) is 3.58. The predicted molar refractivity (Wildman–Crippen MR) is 88.4 cm³/mol. The quantitative estimate of drug-likeness (QED) is 0.881. The summed E-state index contributed by atoms with van der Waals surface area (Å²) in [6.07, 6.45) is 1.66. The van der Waals surface area contributed by atoms with E-state index in [1.54, 1.807) is 23.5 Å². The average Bonchev–Trinajstić information content (AvgIpc) is 3.03. The van der Waals surface area contributed by atoms with Crippen LogP contribution in [0.4, 0.5) is 20.6 Å². The van der Waals surface area contributed by atoms with Crippen molar-refractivity contribution >= 4 is 28.7 Å². The van der Waals surface area contributed by atoms with E-state index in [-0.39, 0.29) is 6.03 Å². The second-order valence-electron chi connectivity index (χ2n) is 5.20. The van der Waals surface area contributed by atoms with Gasteiger partial charge in [0.1, 0.15) is 15.8 Å². The lowest BCUT2D eigenvalue weighted by Crippen LogP contribution is -2.46. The lowest BCUT2D eigenvalue weighted by Gasteiger charge is -2.28. The molecule has 1 aliphatic rings. The lowest BCUT2D eigenvalue weighted by atomic mass is 10.2. The molecule has 3 rings (SSSR count). The molecule has 1 aromatic carbocycles. The monoisotopic (exact) mass is 335 g/mol. The summed E-state index contributed by atoms with van der Waals surface area (Å²) in [7, 11) is 0. The summed E-state index contributed by atoms with van der Waals surface area (Å²) >= 11 is 1.55. The van der Waals surface area contributed by atoms with Gasteiger partial charge in [0.2, 0.25) is 0 Å².